The molecule has 12 heteroatoms. The molecule has 3 rings (SSSR count). The lowest BCUT2D eigenvalue weighted by Gasteiger charge is -2.26. The van der Waals surface area contributed by atoms with E-state index in [1.165, 1.54) is 48.5 Å². The van der Waals surface area contributed by atoms with Gasteiger partial charge < -0.3 is 19.3 Å². The molecule has 0 spiro atoms. The Balaban J connectivity index is 1.52. The third-order valence-electron chi connectivity index (χ3n) is 5.54. The molecule has 1 heterocycles. The lowest BCUT2D eigenvalue weighted by Crippen LogP contribution is -2.45. The van der Waals surface area contributed by atoms with E-state index < -0.39 is 22.1 Å². The van der Waals surface area contributed by atoms with Crippen molar-refractivity contribution in [3.8, 4) is 11.5 Å². The van der Waals surface area contributed by atoms with Crippen molar-refractivity contribution in [2.24, 2.45) is 0 Å². The van der Waals surface area contributed by atoms with Crippen LogP contribution in [-0.4, -0.2) is 69.8 Å². The second-order valence-electron chi connectivity index (χ2n) is 8.03. The monoisotopic (exact) mass is 486 g/mol. The molecule has 2 unspecified atom stereocenters. The topological polar surface area (TPSA) is 145 Å². The first-order chi connectivity index (χ1) is 16.7. The van der Waals surface area contributed by atoms with Gasteiger partial charge in [-0.2, -0.15) is 0 Å². The fourth-order valence-electron chi connectivity index (χ4n) is 3.67. The molecule has 2 amide bonds. The van der Waals surface area contributed by atoms with Gasteiger partial charge in [-0.1, -0.05) is 0 Å². The van der Waals surface area contributed by atoms with E-state index in [2.05, 4.69) is 0 Å². The van der Waals surface area contributed by atoms with Crippen LogP contribution in [-0.2, 0) is 9.59 Å². The highest BCUT2D eigenvalue weighted by atomic mass is 16.6. The number of ether oxygens (including phenoxy) is 2. The maximum Gasteiger partial charge on any atom is 0.269 e. The maximum atomic E-state index is 12.9. The van der Waals surface area contributed by atoms with Gasteiger partial charge in [-0.15, -0.1) is 0 Å². The highest BCUT2D eigenvalue weighted by Gasteiger charge is 2.28. The second kappa shape index (κ2) is 11.3. The number of benzene rings is 2. The molecule has 35 heavy (non-hydrogen) atoms. The van der Waals surface area contributed by atoms with Crippen LogP contribution >= 0.6 is 0 Å². The molecular formula is C23H26N4O8. The van der Waals surface area contributed by atoms with Crippen LogP contribution in [0, 0.1) is 20.2 Å². The molecule has 2 aromatic rings. The predicted octanol–water partition coefficient (Wildman–Crippen LogP) is 2.80. The molecule has 2 atom stereocenters. The number of hydrogen-bond donors (Lipinski definition) is 0. The van der Waals surface area contributed by atoms with Crippen LogP contribution in [0.2, 0.25) is 0 Å². The van der Waals surface area contributed by atoms with Gasteiger partial charge in [0, 0.05) is 50.4 Å². The van der Waals surface area contributed by atoms with E-state index in [1.54, 1.807) is 23.6 Å². The summed E-state index contributed by atoms with van der Waals surface area (Å²) in [5, 5.41) is 21.5. The third kappa shape index (κ3) is 6.65. The van der Waals surface area contributed by atoms with Gasteiger partial charge in [0.1, 0.15) is 11.5 Å². The molecule has 0 saturated carbocycles. The van der Waals surface area contributed by atoms with Crippen LogP contribution in [0.4, 0.5) is 11.4 Å². The summed E-state index contributed by atoms with van der Waals surface area (Å²) in [7, 11) is 0. The van der Waals surface area contributed by atoms with E-state index in [0.717, 1.165) is 0 Å². The molecule has 0 N–H and O–H groups in total. The summed E-state index contributed by atoms with van der Waals surface area (Å²) in [5.74, 6) is 0.209. The number of nitro benzene ring substituents is 2. The van der Waals surface area contributed by atoms with E-state index in [1.807, 2.05) is 0 Å². The van der Waals surface area contributed by atoms with Crippen LogP contribution in [0.1, 0.15) is 20.3 Å². The lowest BCUT2D eigenvalue weighted by molar-refractivity contribution is -0.385. The maximum absolute atomic E-state index is 12.9. The van der Waals surface area contributed by atoms with Crippen LogP contribution in [0.5, 0.6) is 11.5 Å². The van der Waals surface area contributed by atoms with Gasteiger partial charge >= 0.3 is 0 Å². The largest absolute Gasteiger partial charge is 0.481 e. The van der Waals surface area contributed by atoms with Crippen molar-refractivity contribution in [1.29, 1.82) is 0 Å². The molecular weight excluding hydrogens is 460 g/mol. The number of carbonyl (C=O) groups excluding carboxylic acids is 2. The van der Waals surface area contributed by atoms with E-state index in [-0.39, 0.29) is 23.2 Å². The lowest BCUT2D eigenvalue weighted by atomic mass is 10.2. The third-order valence-corrected chi connectivity index (χ3v) is 5.54. The normalized spacial score (nSPS) is 15.5. The molecule has 0 bridgehead atoms. The molecule has 186 valence electrons. The Bertz CT molecular complexity index is 988. The number of non-ortho nitro benzene ring substituents is 2. The van der Waals surface area contributed by atoms with Gasteiger partial charge in [0.25, 0.3) is 23.2 Å². The average molecular weight is 486 g/mol. The fourth-order valence-corrected chi connectivity index (χ4v) is 3.67. The summed E-state index contributed by atoms with van der Waals surface area (Å²) < 4.78 is 11.3. The Morgan fingerprint density at radius 3 is 1.37 bits per heavy atom. The van der Waals surface area contributed by atoms with Gasteiger partial charge in [0.15, 0.2) is 12.2 Å². The Labute approximate surface area is 201 Å². The Kier molecular flexibility index (Phi) is 8.18. The minimum Gasteiger partial charge on any atom is -0.481 e. The van der Waals surface area contributed by atoms with Gasteiger partial charge in [-0.05, 0) is 44.5 Å². The number of carbonyl (C=O) groups is 2. The minimum absolute atomic E-state index is 0.0691. The van der Waals surface area contributed by atoms with E-state index >= 15 is 0 Å². The predicted molar refractivity (Wildman–Crippen MR) is 124 cm³/mol. The highest BCUT2D eigenvalue weighted by Crippen LogP contribution is 2.21. The minimum atomic E-state index is -0.803. The number of nitro groups is 2. The van der Waals surface area contributed by atoms with Gasteiger partial charge in [-0.3, -0.25) is 29.8 Å². The molecule has 0 aliphatic carbocycles. The quantitative estimate of drug-likeness (QED) is 0.409. The summed E-state index contributed by atoms with van der Waals surface area (Å²) in [6.07, 6.45) is -1.03. The van der Waals surface area contributed by atoms with E-state index in [0.29, 0.717) is 44.1 Å². The van der Waals surface area contributed by atoms with Crippen LogP contribution in [0.3, 0.4) is 0 Å². The first-order valence-electron chi connectivity index (χ1n) is 11.1. The molecule has 1 aliphatic rings. The molecule has 0 aromatic heterocycles. The second-order valence-corrected chi connectivity index (χ2v) is 8.03. The van der Waals surface area contributed by atoms with Crippen LogP contribution < -0.4 is 9.47 Å². The average Bonchev–Trinajstić information content (AvgIpc) is 3.10. The number of nitrogens with zero attached hydrogens (tertiary/aromatic N) is 4. The van der Waals surface area contributed by atoms with E-state index in [9.17, 15) is 29.8 Å². The number of hydrogen-bond acceptors (Lipinski definition) is 8. The standard InChI is InChI=1S/C23H26N4O8/c1-16(34-20-8-4-18(5-9-20)26(30)31)22(28)24-12-3-13-25(15-14-24)23(29)17(2)35-21-10-6-19(7-11-21)27(32)33/h4-11,16-17H,3,12-15H2,1-2H3. The summed E-state index contributed by atoms with van der Waals surface area (Å²) in [6.45, 7) is 4.77. The van der Waals surface area contributed by atoms with Crippen molar-refractivity contribution < 1.29 is 28.9 Å². The Hall–Kier alpha value is -4.22. The number of rotatable bonds is 8. The first kappa shape index (κ1) is 25.4. The van der Waals surface area contributed by atoms with Gasteiger partial charge in [0.2, 0.25) is 0 Å². The zero-order chi connectivity index (χ0) is 25.5. The zero-order valence-electron chi connectivity index (χ0n) is 19.4. The number of amides is 2. The van der Waals surface area contributed by atoms with Gasteiger partial charge in [0.05, 0.1) is 9.85 Å². The van der Waals surface area contributed by atoms with Crippen molar-refractivity contribution in [2.75, 3.05) is 26.2 Å². The summed E-state index contributed by atoms with van der Waals surface area (Å²) in [4.78, 5) is 49.5. The molecule has 1 aliphatic heterocycles. The van der Waals surface area contributed by atoms with Crippen molar-refractivity contribution in [3.63, 3.8) is 0 Å². The van der Waals surface area contributed by atoms with Gasteiger partial charge in [-0.25, -0.2) is 0 Å². The Morgan fingerprint density at radius 2 is 1.06 bits per heavy atom. The Morgan fingerprint density at radius 1 is 0.714 bits per heavy atom. The zero-order valence-corrected chi connectivity index (χ0v) is 19.4. The molecule has 2 aromatic carbocycles. The molecule has 1 saturated heterocycles. The van der Waals surface area contributed by atoms with Crippen molar-refractivity contribution in [3.05, 3.63) is 68.8 Å². The molecule has 12 nitrogen and oxygen atoms in total. The highest BCUT2D eigenvalue weighted by molar-refractivity contribution is 5.82. The summed E-state index contributed by atoms with van der Waals surface area (Å²) >= 11 is 0. The fraction of sp³-hybridized carbons (Fsp3) is 0.391. The first-order valence-corrected chi connectivity index (χ1v) is 11.1. The molecule has 1 fully saturated rings. The van der Waals surface area contributed by atoms with Crippen molar-refractivity contribution >= 4 is 23.2 Å². The van der Waals surface area contributed by atoms with Crippen molar-refractivity contribution in [2.45, 2.75) is 32.5 Å². The smallest absolute Gasteiger partial charge is 0.269 e. The van der Waals surface area contributed by atoms with Crippen molar-refractivity contribution in [1.82, 2.24) is 9.80 Å². The summed E-state index contributed by atoms with van der Waals surface area (Å²) in [5.41, 5.74) is -0.138. The molecule has 0 radical (unpaired) electrons. The summed E-state index contributed by atoms with van der Waals surface area (Å²) in [6, 6.07) is 11.0. The SMILES string of the molecule is CC(Oc1ccc([N+](=O)[O-])cc1)C(=O)N1CCCN(C(=O)C(C)Oc2ccc([N+](=O)[O-])cc2)CC1. The van der Waals surface area contributed by atoms with Crippen LogP contribution in [0.25, 0.3) is 0 Å². The van der Waals surface area contributed by atoms with Crippen LogP contribution in [0.15, 0.2) is 48.5 Å². The van der Waals surface area contributed by atoms with E-state index in [4.69, 9.17) is 9.47 Å².